The second-order valence-corrected chi connectivity index (χ2v) is 15.4. The SMILES string of the molecule is c1cc(-c2ccc3ccccc3c2)c(-c2ccc(-c3c4ccccc4c(-c4ccc5ccccc5c4)c4ccccc34)cn2)c(-c2ccc3oc4ccccc4c3c2)c1. The van der Waals surface area contributed by atoms with Crippen molar-refractivity contribution in [3.8, 4) is 55.8 Å². The fraction of sp³-hybridized carbons (Fsp3) is 0. The second kappa shape index (κ2) is 13.4. The van der Waals surface area contributed by atoms with Crippen LogP contribution < -0.4 is 0 Å². The largest absolute Gasteiger partial charge is 0.456 e. The van der Waals surface area contributed by atoms with Crippen molar-refractivity contribution in [1.82, 2.24) is 4.98 Å². The normalized spacial score (nSPS) is 11.7. The number of benzene rings is 10. The van der Waals surface area contributed by atoms with Gasteiger partial charge in [-0.1, -0.05) is 170 Å². The van der Waals surface area contributed by atoms with Crippen molar-refractivity contribution in [1.29, 1.82) is 0 Å². The first-order valence-corrected chi connectivity index (χ1v) is 20.2. The summed E-state index contributed by atoms with van der Waals surface area (Å²) >= 11 is 0. The number of hydrogen-bond donors (Lipinski definition) is 0. The summed E-state index contributed by atoms with van der Waals surface area (Å²) < 4.78 is 6.25. The standard InChI is InChI=1S/C57H35NO/c1-3-14-38-32-40(26-24-36(38)12-1)44-21-11-22-45(41-29-31-54-51(34-41)46-16-9-10-23-53(46)59-54)57(44)52-30-28-43(35-58-52)56-49-19-7-5-17-47(49)55(48-18-6-8-20-50(48)56)42-27-25-37-13-2-4-15-39(37)33-42/h1-35H. The zero-order valence-corrected chi connectivity index (χ0v) is 32.1. The molecule has 12 aromatic rings. The Hall–Kier alpha value is -7.81. The van der Waals surface area contributed by atoms with E-state index >= 15 is 0 Å². The fourth-order valence-corrected chi connectivity index (χ4v) is 9.34. The molecule has 0 unspecified atom stereocenters. The highest BCUT2D eigenvalue weighted by Gasteiger charge is 2.20. The van der Waals surface area contributed by atoms with Crippen LogP contribution in [0.15, 0.2) is 217 Å². The van der Waals surface area contributed by atoms with E-state index in [1.54, 1.807) is 0 Å². The number of para-hydroxylation sites is 1. The Morgan fingerprint density at radius 2 is 0.763 bits per heavy atom. The molecule has 2 nitrogen and oxygen atoms in total. The topological polar surface area (TPSA) is 26.0 Å². The number of hydrogen-bond acceptors (Lipinski definition) is 2. The summed E-state index contributed by atoms with van der Waals surface area (Å²) in [7, 11) is 0. The van der Waals surface area contributed by atoms with Gasteiger partial charge in [-0.25, -0.2) is 0 Å². The lowest BCUT2D eigenvalue weighted by atomic mass is 9.85. The van der Waals surface area contributed by atoms with Gasteiger partial charge in [0.2, 0.25) is 0 Å². The van der Waals surface area contributed by atoms with Crippen LogP contribution in [0.1, 0.15) is 0 Å². The summed E-state index contributed by atoms with van der Waals surface area (Å²) in [5.41, 5.74) is 13.1. The lowest BCUT2D eigenvalue weighted by molar-refractivity contribution is 0.669. The van der Waals surface area contributed by atoms with Gasteiger partial charge in [0.15, 0.2) is 0 Å². The zero-order chi connectivity index (χ0) is 38.9. The van der Waals surface area contributed by atoms with Crippen molar-refractivity contribution in [2.24, 2.45) is 0 Å². The molecule has 0 aliphatic heterocycles. The van der Waals surface area contributed by atoms with Gasteiger partial charge in [0.05, 0.1) is 5.69 Å². The molecule has 59 heavy (non-hydrogen) atoms. The van der Waals surface area contributed by atoms with E-state index < -0.39 is 0 Å². The summed E-state index contributed by atoms with van der Waals surface area (Å²) in [6.45, 7) is 0. The van der Waals surface area contributed by atoms with Gasteiger partial charge in [0.25, 0.3) is 0 Å². The number of nitrogens with zero attached hydrogens (tertiary/aromatic N) is 1. The molecule has 2 heterocycles. The first-order valence-electron chi connectivity index (χ1n) is 20.2. The Balaban J connectivity index is 1.06. The van der Waals surface area contributed by atoms with Gasteiger partial charge in [-0.05, 0) is 118 Å². The number of pyridine rings is 1. The van der Waals surface area contributed by atoms with Crippen molar-refractivity contribution in [2.45, 2.75) is 0 Å². The molecule has 0 atom stereocenters. The van der Waals surface area contributed by atoms with Crippen LogP contribution in [0, 0.1) is 0 Å². The van der Waals surface area contributed by atoms with E-state index in [9.17, 15) is 0 Å². The minimum atomic E-state index is 0.885. The Morgan fingerprint density at radius 3 is 1.39 bits per heavy atom. The van der Waals surface area contributed by atoms with Crippen molar-refractivity contribution < 1.29 is 4.42 Å². The molecule has 0 aliphatic carbocycles. The number of aromatic nitrogens is 1. The highest BCUT2D eigenvalue weighted by Crippen LogP contribution is 2.46. The number of rotatable bonds is 5. The third kappa shape index (κ3) is 5.45. The Labute approximate surface area is 341 Å². The molecule has 10 aromatic carbocycles. The van der Waals surface area contributed by atoms with Crippen molar-refractivity contribution in [3.63, 3.8) is 0 Å². The summed E-state index contributed by atoms with van der Waals surface area (Å²) in [4.78, 5) is 5.37. The summed E-state index contributed by atoms with van der Waals surface area (Å²) in [5, 5.41) is 12.0. The van der Waals surface area contributed by atoms with Crippen LogP contribution in [0.25, 0.3) is 121 Å². The monoisotopic (exact) mass is 749 g/mol. The Bertz CT molecular complexity index is 3560. The number of furan rings is 1. The molecule has 0 amide bonds. The maximum absolute atomic E-state index is 6.25. The molecule has 2 aromatic heterocycles. The lowest BCUT2D eigenvalue weighted by Crippen LogP contribution is -1.94. The molecular formula is C57H35NO. The predicted octanol–water partition coefficient (Wildman–Crippen LogP) is 15.9. The molecule has 0 aliphatic rings. The van der Waals surface area contributed by atoms with E-state index in [2.05, 4.69) is 200 Å². The van der Waals surface area contributed by atoms with Crippen LogP contribution in [-0.2, 0) is 0 Å². The second-order valence-electron chi connectivity index (χ2n) is 15.4. The van der Waals surface area contributed by atoms with Gasteiger partial charge in [-0.15, -0.1) is 0 Å². The van der Waals surface area contributed by atoms with Crippen LogP contribution in [0.5, 0.6) is 0 Å². The minimum absolute atomic E-state index is 0.885. The van der Waals surface area contributed by atoms with Gasteiger partial charge in [0, 0.05) is 28.1 Å². The van der Waals surface area contributed by atoms with Gasteiger partial charge in [0.1, 0.15) is 11.2 Å². The summed E-state index contributed by atoms with van der Waals surface area (Å²) in [6, 6.07) is 74.4. The molecule has 12 rings (SSSR count). The summed E-state index contributed by atoms with van der Waals surface area (Å²) in [6.07, 6.45) is 2.08. The van der Waals surface area contributed by atoms with Gasteiger partial charge >= 0.3 is 0 Å². The predicted molar refractivity (Wildman–Crippen MR) is 249 cm³/mol. The van der Waals surface area contributed by atoms with Crippen LogP contribution in [0.3, 0.4) is 0 Å². The molecule has 0 spiro atoms. The fourth-order valence-electron chi connectivity index (χ4n) is 9.34. The number of fused-ring (bicyclic) bond motifs is 7. The van der Waals surface area contributed by atoms with Gasteiger partial charge in [-0.3, -0.25) is 4.98 Å². The molecule has 2 heteroatoms. The molecule has 0 radical (unpaired) electrons. The van der Waals surface area contributed by atoms with E-state index in [4.69, 9.17) is 9.40 Å². The molecule has 0 fully saturated rings. The van der Waals surface area contributed by atoms with Crippen LogP contribution >= 0.6 is 0 Å². The van der Waals surface area contributed by atoms with Crippen LogP contribution in [0.4, 0.5) is 0 Å². The van der Waals surface area contributed by atoms with E-state index in [0.717, 1.165) is 61.0 Å². The highest BCUT2D eigenvalue weighted by molar-refractivity contribution is 6.21. The minimum Gasteiger partial charge on any atom is -0.456 e. The van der Waals surface area contributed by atoms with Crippen LogP contribution in [-0.4, -0.2) is 4.98 Å². The molecule has 0 saturated heterocycles. The molecule has 0 bridgehead atoms. The molecule has 0 saturated carbocycles. The van der Waals surface area contributed by atoms with E-state index in [1.165, 1.54) is 59.8 Å². The smallest absolute Gasteiger partial charge is 0.135 e. The van der Waals surface area contributed by atoms with Crippen molar-refractivity contribution >= 4 is 65.0 Å². The summed E-state index contributed by atoms with van der Waals surface area (Å²) in [5.74, 6) is 0. The Morgan fingerprint density at radius 1 is 0.288 bits per heavy atom. The van der Waals surface area contributed by atoms with Gasteiger partial charge in [-0.2, -0.15) is 0 Å². The zero-order valence-electron chi connectivity index (χ0n) is 32.1. The molecule has 0 N–H and O–H groups in total. The van der Waals surface area contributed by atoms with Crippen molar-refractivity contribution in [2.75, 3.05) is 0 Å². The third-order valence-electron chi connectivity index (χ3n) is 12.1. The average molecular weight is 750 g/mol. The van der Waals surface area contributed by atoms with E-state index in [1.807, 2.05) is 12.1 Å². The average Bonchev–Trinajstić information content (AvgIpc) is 3.68. The first kappa shape index (κ1) is 33.3. The maximum Gasteiger partial charge on any atom is 0.135 e. The van der Waals surface area contributed by atoms with Crippen LogP contribution in [0.2, 0.25) is 0 Å². The first-order chi connectivity index (χ1) is 29.2. The Kier molecular flexibility index (Phi) is 7.57. The highest BCUT2D eigenvalue weighted by atomic mass is 16.3. The maximum atomic E-state index is 6.25. The quantitative estimate of drug-likeness (QED) is 0.164. The van der Waals surface area contributed by atoms with Gasteiger partial charge < -0.3 is 4.42 Å². The molecular weight excluding hydrogens is 715 g/mol. The lowest BCUT2D eigenvalue weighted by Gasteiger charge is -2.19. The van der Waals surface area contributed by atoms with Crippen molar-refractivity contribution in [3.05, 3.63) is 212 Å². The molecule has 274 valence electrons. The van der Waals surface area contributed by atoms with E-state index in [-0.39, 0.29) is 0 Å². The third-order valence-corrected chi connectivity index (χ3v) is 12.1. The van der Waals surface area contributed by atoms with E-state index in [0.29, 0.717) is 0 Å².